The Morgan fingerprint density at radius 3 is 2.33 bits per heavy atom. The van der Waals surface area contributed by atoms with Crippen LogP contribution in [0.1, 0.15) is 28.2 Å². The van der Waals surface area contributed by atoms with Gasteiger partial charge in [-0.3, -0.25) is 4.79 Å². The Morgan fingerprint density at radius 2 is 1.73 bits per heavy atom. The number of sulfone groups is 1. The lowest BCUT2D eigenvalue weighted by Gasteiger charge is -2.16. The zero-order chi connectivity index (χ0) is 21.6. The molecule has 6 nitrogen and oxygen atoms in total. The zero-order valence-electron chi connectivity index (χ0n) is 17.0. The Hall–Kier alpha value is -3.19. The normalized spacial score (nSPS) is 12.7. The monoisotopic (exact) mass is 423 g/mol. The number of carbonyl (C=O) groups is 1. The first kappa shape index (κ1) is 21.5. The lowest BCUT2D eigenvalue weighted by molar-refractivity contribution is 0.0934. The fourth-order valence-corrected chi connectivity index (χ4v) is 4.27. The summed E-state index contributed by atoms with van der Waals surface area (Å²) in [7, 11) is -1.84. The molecule has 2 aromatic carbocycles. The highest BCUT2D eigenvalue weighted by Crippen LogP contribution is 2.14. The van der Waals surface area contributed by atoms with Crippen LogP contribution < -0.4 is 5.32 Å². The molecule has 30 heavy (non-hydrogen) atoms. The molecule has 0 saturated heterocycles. The van der Waals surface area contributed by atoms with Crippen LogP contribution in [0.2, 0.25) is 0 Å². The number of aryl methyl sites for hydroxylation is 3. The standard InChI is InChI=1S/C23H25N3O3S/c1-18-22(26(2)17-24-18)23(27)25-20(14-13-19-9-5-3-6-10-19)15-16-30(28,29)21-11-7-4-8-12-21/h3-12,15-17,20H,13-14H2,1-2H3,(H,25,27). The van der Waals surface area contributed by atoms with Crippen molar-refractivity contribution >= 4 is 15.7 Å². The lowest BCUT2D eigenvalue weighted by Crippen LogP contribution is -2.35. The number of amides is 1. The number of benzene rings is 2. The summed E-state index contributed by atoms with van der Waals surface area (Å²) in [6, 6.07) is 17.7. The summed E-state index contributed by atoms with van der Waals surface area (Å²) in [6.45, 7) is 1.77. The third-order valence-corrected chi connectivity index (χ3v) is 6.24. The second kappa shape index (κ2) is 9.54. The molecule has 0 spiro atoms. The van der Waals surface area contributed by atoms with Crippen LogP contribution in [0.25, 0.3) is 0 Å². The van der Waals surface area contributed by atoms with E-state index in [9.17, 15) is 13.2 Å². The van der Waals surface area contributed by atoms with Gasteiger partial charge in [0.05, 0.1) is 16.9 Å². The third kappa shape index (κ3) is 5.45. The molecule has 3 aromatic rings. The molecular formula is C23H25N3O3S. The number of hydrogen-bond acceptors (Lipinski definition) is 4. The van der Waals surface area contributed by atoms with Gasteiger partial charge in [-0.1, -0.05) is 54.6 Å². The molecule has 1 aromatic heterocycles. The van der Waals surface area contributed by atoms with E-state index in [-0.39, 0.29) is 10.8 Å². The Kier molecular flexibility index (Phi) is 6.84. The van der Waals surface area contributed by atoms with Crippen LogP contribution in [0.15, 0.2) is 83.4 Å². The zero-order valence-corrected chi connectivity index (χ0v) is 17.8. The van der Waals surface area contributed by atoms with E-state index in [1.165, 1.54) is 5.41 Å². The van der Waals surface area contributed by atoms with Crippen LogP contribution in [-0.4, -0.2) is 29.9 Å². The number of rotatable bonds is 8. The maximum atomic E-state index is 12.8. The fraction of sp³-hybridized carbons (Fsp3) is 0.217. The molecule has 1 unspecified atom stereocenters. The Labute approximate surface area is 177 Å². The molecule has 0 aliphatic heterocycles. The van der Waals surface area contributed by atoms with Gasteiger partial charge in [-0.15, -0.1) is 0 Å². The molecule has 0 aliphatic carbocycles. The molecule has 1 amide bonds. The molecule has 0 fully saturated rings. The first-order valence-corrected chi connectivity index (χ1v) is 11.2. The van der Waals surface area contributed by atoms with Gasteiger partial charge in [-0.25, -0.2) is 13.4 Å². The molecule has 7 heteroatoms. The lowest BCUT2D eigenvalue weighted by atomic mass is 10.1. The van der Waals surface area contributed by atoms with Crippen LogP contribution in [0.3, 0.4) is 0 Å². The Morgan fingerprint density at radius 1 is 1.10 bits per heavy atom. The number of hydrogen-bond donors (Lipinski definition) is 1. The third-order valence-electron chi connectivity index (χ3n) is 4.80. The molecule has 156 valence electrons. The van der Waals surface area contributed by atoms with Crippen molar-refractivity contribution in [2.45, 2.75) is 30.7 Å². The van der Waals surface area contributed by atoms with Gasteiger partial charge in [0.2, 0.25) is 0 Å². The van der Waals surface area contributed by atoms with Gasteiger partial charge in [0.1, 0.15) is 5.69 Å². The summed E-state index contributed by atoms with van der Waals surface area (Å²) in [5.41, 5.74) is 2.20. The van der Waals surface area contributed by atoms with Gasteiger partial charge in [-0.2, -0.15) is 0 Å². The van der Waals surface area contributed by atoms with Gasteiger partial charge >= 0.3 is 0 Å². The molecule has 3 rings (SSSR count). The van der Waals surface area contributed by atoms with Crippen molar-refractivity contribution in [3.8, 4) is 0 Å². The minimum Gasteiger partial charge on any atom is -0.344 e. The van der Waals surface area contributed by atoms with E-state index in [0.29, 0.717) is 24.2 Å². The number of aromatic nitrogens is 2. The molecule has 0 saturated carbocycles. The van der Waals surface area contributed by atoms with Crippen molar-refractivity contribution in [1.29, 1.82) is 0 Å². The summed E-state index contributed by atoms with van der Waals surface area (Å²) in [5, 5.41) is 4.12. The average Bonchev–Trinajstić information content (AvgIpc) is 3.09. The van der Waals surface area contributed by atoms with Gasteiger partial charge in [-0.05, 0) is 37.5 Å². The number of nitrogens with one attached hydrogen (secondary N) is 1. The van der Waals surface area contributed by atoms with Crippen LogP contribution >= 0.6 is 0 Å². The second-order valence-electron chi connectivity index (χ2n) is 7.08. The van der Waals surface area contributed by atoms with Crippen LogP contribution in [0.5, 0.6) is 0 Å². The smallest absolute Gasteiger partial charge is 0.270 e. The molecule has 1 heterocycles. The quantitative estimate of drug-likeness (QED) is 0.602. The second-order valence-corrected chi connectivity index (χ2v) is 8.91. The number of nitrogens with zero attached hydrogens (tertiary/aromatic N) is 2. The number of carbonyl (C=O) groups excluding carboxylic acids is 1. The van der Waals surface area contributed by atoms with Gasteiger partial charge in [0.15, 0.2) is 9.84 Å². The van der Waals surface area contributed by atoms with Crippen LogP contribution in [0.4, 0.5) is 0 Å². The highest BCUT2D eigenvalue weighted by atomic mass is 32.2. The summed E-state index contributed by atoms with van der Waals surface area (Å²) < 4.78 is 26.9. The van der Waals surface area contributed by atoms with E-state index in [1.54, 1.807) is 61.3 Å². The minimum atomic E-state index is -3.59. The molecule has 0 radical (unpaired) electrons. The van der Waals surface area contributed by atoms with Gasteiger partial charge < -0.3 is 9.88 Å². The average molecular weight is 424 g/mol. The van der Waals surface area contributed by atoms with Crippen LogP contribution in [-0.2, 0) is 23.3 Å². The van der Waals surface area contributed by atoms with Crippen molar-refractivity contribution in [2.24, 2.45) is 7.05 Å². The highest BCUT2D eigenvalue weighted by molar-refractivity contribution is 7.94. The van der Waals surface area contributed by atoms with E-state index in [0.717, 1.165) is 5.56 Å². The van der Waals surface area contributed by atoms with E-state index < -0.39 is 15.9 Å². The summed E-state index contributed by atoms with van der Waals surface area (Å²) in [4.78, 5) is 17.2. The Bertz CT molecular complexity index is 1100. The minimum absolute atomic E-state index is 0.219. The first-order chi connectivity index (χ1) is 14.4. The van der Waals surface area contributed by atoms with Gasteiger partial charge in [0.25, 0.3) is 5.91 Å². The topological polar surface area (TPSA) is 81.1 Å². The summed E-state index contributed by atoms with van der Waals surface area (Å²) in [6.07, 6.45) is 4.40. The van der Waals surface area contributed by atoms with E-state index >= 15 is 0 Å². The van der Waals surface area contributed by atoms with E-state index in [2.05, 4.69) is 10.3 Å². The Balaban J connectivity index is 1.80. The van der Waals surface area contributed by atoms with E-state index in [4.69, 9.17) is 0 Å². The molecular weight excluding hydrogens is 398 g/mol. The van der Waals surface area contributed by atoms with Crippen molar-refractivity contribution < 1.29 is 13.2 Å². The maximum absolute atomic E-state index is 12.8. The molecule has 1 N–H and O–H groups in total. The van der Waals surface area contributed by atoms with Crippen LogP contribution in [0, 0.1) is 6.92 Å². The van der Waals surface area contributed by atoms with Crippen molar-refractivity contribution in [1.82, 2.24) is 14.9 Å². The summed E-state index contributed by atoms with van der Waals surface area (Å²) >= 11 is 0. The van der Waals surface area contributed by atoms with Gasteiger partial charge in [0, 0.05) is 18.5 Å². The van der Waals surface area contributed by atoms with Crippen molar-refractivity contribution in [3.63, 3.8) is 0 Å². The SMILES string of the molecule is Cc1ncn(C)c1C(=O)NC(C=CS(=O)(=O)c1ccccc1)CCc1ccccc1. The van der Waals surface area contributed by atoms with E-state index in [1.807, 2.05) is 30.3 Å². The van der Waals surface area contributed by atoms with Crippen molar-refractivity contribution in [3.05, 3.63) is 95.4 Å². The predicted octanol–water partition coefficient (Wildman–Crippen LogP) is 3.45. The molecule has 0 aliphatic rings. The molecule has 1 atom stereocenters. The largest absolute Gasteiger partial charge is 0.344 e. The highest BCUT2D eigenvalue weighted by Gasteiger charge is 2.18. The molecule has 0 bridgehead atoms. The fourth-order valence-electron chi connectivity index (χ4n) is 3.18. The van der Waals surface area contributed by atoms with Crippen molar-refractivity contribution in [2.75, 3.05) is 0 Å². The maximum Gasteiger partial charge on any atom is 0.270 e. The predicted molar refractivity (Wildman–Crippen MR) is 117 cm³/mol. The number of imidazole rings is 1. The first-order valence-electron chi connectivity index (χ1n) is 9.68. The summed E-state index contributed by atoms with van der Waals surface area (Å²) in [5.74, 6) is -0.285.